The van der Waals surface area contributed by atoms with Gasteiger partial charge >= 0.3 is 0 Å². The summed E-state index contributed by atoms with van der Waals surface area (Å²) in [5.74, 6) is -0.00693. The van der Waals surface area contributed by atoms with Gasteiger partial charge in [-0.1, -0.05) is 54.6 Å². The summed E-state index contributed by atoms with van der Waals surface area (Å²) < 4.78 is 0. The molecular weight excluding hydrogens is 406 g/mol. The highest BCUT2D eigenvalue weighted by Gasteiger charge is 2.16. The molecule has 2 heterocycles. The van der Waals surface area contributed by atoms with Crippen molar-refractivity contribution in [3.05, 3.63) is 87.4 Å². The summed E-state index contributed by atoms with van der Waals surface area (Å²) in [6.07, 6.45) is 2.69. The molecular formula is C25H29N3O2S. The van der Waals surface area contributed by atoms with Crippen molar-refractivity contribution in [1.29, 1.82) is 0 Å². The fourth-order valence-corrected chi connectivity index (χ4v) is 4.64. The number of aliphatic hydroxyl groups is 1. The molecule has 4 rings (SSSR count). The van der Waals surface area contributed by atoms with Crippen molar-refractivity contribution in [2.45, 2.75) is 44.9 Å². The lowest BCUT2D eigenvalue weighted by molar-refractivity contribution is -0.120. The first-order valence-corrected chi connectivity index (χ1v) is 11.7. The highest BCUT2D eigenvalue weighted by Crippen LogP contribution is 2.16. The van der Waals surface area contributed by atoms with E-state index >= 15 is 0 Å². The number of likely N-dealkylation sites (tertiary alicyclic amines) is 1. The van der Waals surface area contributed by atoms with Gasteiger partial charge < -0.3 is 10.4 Å². The summed E-state index contributed by atoms with van der Waals surface area (Å²) in [5, 5.41) is 15.6. The third-order valence-corrected chi connectivity index (χ3v) is 6.51. The van der Waals surface area contributed by atoms with Gasteiger partial charge in [-0.2, -0.15) is 0 Å². The van der Waals surface area contributed by atoms with E-state index in [2.05, 4.69) is 51.6 Å². The molecule has 0 radical (unpaired) electrons. The minimum atomic E-state index is -0.137. The van der Waals surface area contributed by atoms with Crippen LogP contribution in [0.3, 0.4) is 0 Å². The van der Waals surface area contributed by atoms with E-state index in [9.17, 15) is 9.90 Å². The van der Waals surface area contributed by atoms with E-state index in [1.807, 2.05) is 23.6 Å². The normalized spacial score (nSPS) is 15.1. The second-order valence-electron chi connectivity index (χ2n) is 8.17. The van der Waals surface area contributed by atoms with Gasteiger partial charge in [0.25, 0.3) is 0 Å². The number of benzene rings is 2. The van der Waals surface area contributed by atoms with E-state index in [1.54, 1.807) is 11.3 Å². The minimum absolute atomic E-state index is 0.00693. The molecule has 1 fully saturated rings. The summed E-state index contributed by atoms with van der Waals surface area (Å²) in [6, 6.07) is 18.7. The van der Waals surface area contributed by atoms with Gasteiger partial charge in [-0.05, 0) is 29.5 Å². The third-order valence-electron chi connectivity index (χ3n) is 5.62. The summed E-state index contributed by atoms with van der Waals surface area (Å²) in [5.41, 5.74) is 4.42. The molecule has 31 heavy (non-hydrogen) atoms. The average Bonchev–Trinajstić information content (AvgIpc) is 3.22. The number of aliphatic hydroxyl groups excluding tert-OH is 1. The largest absolute Gasteiger partial charge is 0.393 e. The number of amides is 1. The van der Waals surface area contributed by atoms with E-state index < -0.39 is 0 Å². The number of rotatable bonds is 8. The molecule has 2 aromatic carbocycles. The molecule has 0 saturated carbocycles. The van der Waals surface area contributed by atoms with Gasteiger partial charge in [0.15, 0.2) is 0 Å². The molecule has 2 N–H and O–H groups in total. The first-order valence-electron chi connectivity index (χ1n) is 10.9. The first kappa shape index (κ1) is 21.7. The molecule has 3 aromatic rings. The number of piperidine rings is 1. The van der Waals surface area contributed by atoms with Crippen molar-refractivity contribution in [1.82, 2.24) is 15.2 Å². The van der Waals surface area contributed by atoms with E-state index in [4.69, 9.17) is 0 Å². The molecule has 1 saturated heterocycles. The Labute approximate surface area is 187 Å². The van der Waals surface area contributed by atoms with Crippen molar-refractivity contribution in [2.75, 3.05) is 13.1 Å². The van der Waals surface area contributed by atoms with E-state index in [-0.39, 0.29) is 12.0 Å². The van der Waals surface area contributed by atoms with Gasteiger partial charge in [-0.25, -0.2) is 4.98 Å². The van der Waals surface area contributed by atoms with Gasteiger partial charge in [-0.3, -0.25) is 9.69 Å². The molecule has 0 bridgehead atoms. The highest BCUT2D eigenvalue weighted by atomic mass is 32.1. The zero-order valence-electron chi connectivity index (χ0n) is 17.7. The van der Waals surface area contributed by atoms with Gasteiger partial charge in [-0.15, -0.1) is 11.3 Å². The van der Waals surface area contributed by atoms with E-state index in [0.717, 1.165) is 55.2 Å². The Kier molecular flexibility index (Phi) is 7.46. The fraction of sp³-hybridized carbons (Fsp3) is 0.360. The second kappa shape index (κ2) is 10.7. The Morgan fingerprint density at radius 1 is 1.03 bits per heavy atom. The van der Waals surface area contributed by atoms with Gasteiger partial charge in [0.2, 0.25) is 5.91 Å². The summed E-state index contributed by atoms with van der Waals surface area (Å²) in [6.45, 7) is 3.33. The Morgan fingerprint density at radius 2 is 1.74 bits per heavy atom. The van der Waals surface area contributed by atoms with Crippen molar-refractivity contribution in [2.24, 2.45) is 0 Å². The fourth-order valence-electron chi connectivity index (χ4n) is 3.81. The van der Waals surface area contributed by atoms with Crippen molar-refractivity contribution in [3.63, 3.8) is 0 Å². The molecule has 0 unspecified atom stereocenters. The Bertz CT molecular complexity index is 964. The van der Waals surface area contributed by atoms with E-state index in [0.29, 0.717) is 13.0 Å². The number of aromatic nitrogens is 1. The van der Waals surface area contributed by atoms with Crippen LogP contribution in [-0.2, 0) is 30.7 Å². The molecule has 0 atom stereocenters. The molecule has 6 heteroatoms. The zero-order valence-corrected chi connectivity index (χ0v) is 18.5. The number of hydrogen-bond acceptors (Lipinski definition) is 5. The SMILES string of the molecule is O=C(Cc1csc(Cc2ccccc2)n1)NCc1ccc(CN2CCC(O)CC2)cc1. The minimum Gasteiger partial charge on any atom is -0.393 e. The van der Waals surface area contributed by atoms with Crippen LogP contribution in [0, 0.1) is 0 Å². The predicted molar refractivity (Wildman–Crippen MR) is 124 cm³/mol. The summed E-state index contributed by atoms with van der Waals surface area (Å²) in [4.78, 5) is 19.3. The Hall–Kier alpha value is -2.54. The monoisotopic (exact) mass is 435 g/mol. The predicted octanol–water partition coefficient (Wildman–Crippen LogP) is 3.55. The van der Waals surface area contributed by atoms with Crippen LogP contribution >= 0.6 is 11.3 Å². The van der Waals surface area contributed by atoms with Crippen LogP contribution in [0.1, 0.15) is 40.2 Å². The zero-order chi connectivity index (χ0) is 21.5. The molecule has 1 aromatic heterocycles. The van der Waals surface area contributed by atoms with Gasteiger partial charge in [0.05, 0.1) is 23.2 Å². The van der Waals surface area contributed by atoms with Crippen LogP contribution in [0.4, 0.5) is 0 Å². The van der Waals surface area contributed by atoms with Crippen molar-refractivity contribution < 1.29 is 9.90 Å². The number of thiazole rings is 1. The van der Waals surface area contributed by atoms with Crippen LogP contribution in [-0.4, -0.2) is 40.1 Å². The number of carbonyl (C=O) groups is 1. The molecule has 0 spiro atoms. The van der Waals surface area contributed by atoms with Crippen LogP contribution in [0.5, 0.6) is 0 Å². The quantitative estimate of drug-likeness (QED) is 0.568. The van der Waals surface area contributed by atoms with Crippen molar-refractivity contribution in [3.8, 4) is 0 Å². The van der Waals surface area contributed by atoms with Gasteiger partial charge in [0.1, 0.15) is 0 Å². The Balaban J connectivity index is 1.21. The van der Waals surface area contributed by atoms with E-state index in [1.165, 1.54) is 11.1 Å². The number of nitrogens with zero attached hydrogens (tertiary/aromatic N) is 2. The van der Waals surface area contributed by atoms with Crippen molar-refractivity contribution >= 4 is 17.2 Å². The number of carbonyl (C=O) groups excluding carboxylic acids is 1. The molecule has 0 aliphatic carbocycles. The molecule has 1 aliphatic rings. The lowest BCUT2D eigenvalue weighted by Crippen LogP contribution is -2.35. The maximum absolute atomic E-state index is 12.3. The Morgan fingerprint density at radius 3 is 2.48 bits per heavy atom. The number of hydrogen-bond donors (Lipinski definition) is 2. The average molecular weight is 436 g/mol. The van der Waals surface area contributed by atoms with Crippen LogP contribution < -0.4 is 5.32 Å². The lowest BCUT2D eigenvalue weighted by atomic mass is 10.1. The van der Waals surface area contributed by atoms with Crippen LogP contribution in [0.2, 0.25) is 0 Å². The number of nitrogens with one attached hydrogen (secondary N) is 1. The smallest absolute Gasteiger partial charge is 0.226 e. The molecule has 1 amide bonds. The molecule has 5 nitrogen and oxygen atoms in total. The second-order valence-corrected chi connectivity index (χ2v) is 9.11. The van der Waals surface area contributed by atoms with Crippen LogP contribution in [0.15, 0.2) is 60.0 Å². The first-order chi connectivity index (χ1) is 15.1. The summed E-state index contributed by atoms with van der Waals surface area (Å²) >= 11 is 1.61. The van der Waals surface area contributed by atoms with Gasteiger partial charge in [0, 0.05) is 38.0 Å². The van der Waals surface area contributed by atoms with Crippen LogP contribution in [0.25, 0.3) is 0 Å². The third kappa shape index (κ3) is 6.72. The maximum Gasteiger partial charge on any atom is 0.226 e. The highest BCUT2D eigenvalue weighted by molar-refractivity contribution is 7.09. The topological polar surface area (TPSA) is 65.5 Å². The standard InChI is InChI=1S/C25H29N3O2S/c29-23-10-12-28(13-11-23)17-21-8-6-20(7-9-21)16-26-24(30)15-22-18-31-25(27-22)14-19-4-2-1-3-5-19/h1-9,18,23,29H,10-17H2,(H,26,30). The molecule has 162 valence electrons. The molecule has 1 aliphatic heterocycles. The summed E-state index contributed by atoms with van der Waals surface area (Å²) in [7, 11) is 0. The maximum atomic E-state index is 12.3. The lowest BCUT2D eigenvalue weighted by Gasteiger charge is -2.29.